The predicted octanol–water partition coefficient (Wildman–Crippen LogP) is 1.52. The summed E-state index contributed by atoms with van der Waals surface area (Å²) in [6.45, 7) is 9.59. The average Bonchev–Trinajstić information content (AvgIpc) is 3.12. The summed E-state index contributed by atoms with van der Waals surface area (Å²) in [7, 11) is -1.53. The molecule has 0 radical (unpaired) electrons. The monoisotopic (exact) mass is 396 g/mol. The second-order valence-corrected chi connectivity index (χ2v) is 8.75. The molecule has 0 spiro atoms. The van der Waals surface area contributed by atoms with Crippen LogP contribution in [0.5, 0.6) is 0 Å². The number of nitrogens with zero attached hydrogens (tertiary/aromatic N) is 2. The minimum absolute atomic E-state index is 0.255. The lowest BCUT2D eigenvalue weighted by molar-refractivity contribution is 0.181. The van der Waals surface area contributed by atoms with Crippen molar-refractivity contribution in [3.05, 3.63) is 29.3 Å². The molecule has 7 nitrogen and oxygen atoms in total. The summed E-state index contributed by atoms with van der Waals surface area (Å²) in [5.41, 5.74) is 1.66. The van der Waals surface area contributed by atoms with Gasteiger partial charge in [0.05, 0.1) is 18.0 Å². The van der Waals surface area contributed by atoms with Crippen LogP contribution in [0.2, 0.25) is 0 Å². The van der Waals surface area contributed by atoms with E-state index in [0.717, 1.165) is 49.8 Å². The predicted molar refractivity (Wildman–Crippen MR) is 109 cm³/mol. The van der Waals surface area contributed by atoms with Crippen LogP contribution < -0.4 is 10.0 Å². The van der Waals surface area contributed by atoms with E-state index in [4.69, 9.17) is 4.74 Å². The SMILES string of the molecule is CCNC(=NCCNS(=O)(=O)c1cc(C)ccc1C)N(C)CC1CCOC1. The molecule has 1 atom stereocenters. The molecule has 8 heteroatoms. The van der Waals surface area contributed by atoms with E-state index in [1.54, 1.807) is 13.0 Å². The van der Waals surface area contributed by atoms with Crippen LogP contribution in [0.15, 0.2) is 28.1 Å². The summed E-state index contributed by atoms with van der Waals surface area (Å²) >= 11 is 0. The molecule has 152 valence electrons. The zero-order valence-electron chi connectivity index (χ0n) is 16.8. The highest BCUT2D eigenvalue weighted by molar-refractivity contribution is 7.89. The van der Waals surface area contributed by atoms with Gasteiger partial charge in [-0.2, -0.15) is 0 Å². The minimum Gasteiger partial charge on any atom is -0.381 e. The van der Waals surface area contributed by atoms with Crippen LogP contribution in [-0.2, 0) is 14.8 Å². The van der Waals surface area contributed by atoms with Crippen molar-refractivity contribution in [2.75, 3.05) is 46.4 Å². The fraction of sp³-hybridized carbons (Fsp3) is 0.632. The highest BCUT2D eigenvalue weighted by atomic mass is 32.2. The maximum absolute atomic E-state index is 12.5. The van der Waals surface area contributed by atoms with E-state index >= 15 is 0 Å². The zero-order chi connectivity index (χ0) is 19.9. The summed E-state index contributed by atoms with van der Waals surface area (Å²) < 4.78 is 33.2. The van der Waals surface area contributed by atoms with Gasteiger partial charge in [0.15, 0.2) is 5.96 Å². The van der Waals surface area contributed by atoms with Crippen molar-refractivity contribution in [2.24, 2.45) is 10.9 Å². The van der Waals surface area contributed by atoms with Crippen LogP contribution in [0.1, 0.15) is 24.5 Å². The van der Waals surface area contributed by atoms with E-state index in [2.05, 4.69) is 19.9 Å². The molecule has 0 saturated carbocycles. The Bertz CT molecular complexity index is 743. The largest absolute Gasteiger partial charge is 0.381 e. The van der Waals surface area contributed by atoms with Crippen LogP contribution in [-0.4, -0.2) is 65.7 Å². The van der Waals surface area contributed by atoms with Crippen molar-refractivity contribution in [2.45, 2.75) is 32.1 Å². The molecule has 1 aliphatic heterocycles. The second kappa shape index (κ2) is 10.1. The third-order valence-corrected chi connectivity index (χ3v) is 6.15. The molecule has 0 amide bonds. The van der Waals surface area contributed by atoms with Gasteiger partial charge in [0.25, 0.3) is 0 Å². The van der Waals surface area contributed by atoms with Gasteiger partial charge in [-0.3, -0.25) is 4.99 Å². The first-order chi connectivity index (χ1) is 12.8. The lowest BCUT2D eigenvalue weighted by Crippen LogP contribution is -2.42. The molecule has 0 bridgehead atoms. The van der Waals surface area contributed by atoms with E-state index < -0.39 is 10.0 Å². The smallest absolute Gasteiger partial charge is 0.240 e. The number of guanidine groups is 1. The quantitative estimate of drug-likeness (QED) is 0.395. The van der Waals surface area contributed by atoms with Crippen molar-refractivity contribution in [1.82, 2.24) is 14.9 Å². The Hall–Kier alpha value is -1.64. The molecule has 1 saturated heterocycles. The average molecular weight is 397 g/mol. The Kier molecular flexibility index (Phi) is 8.07. The maximum Gasteiger partial charge on any atom is 0.240 e. The lowest BCUT2D eigenvalue weighted by Gasteiger charge is -2.24. The van der Waals surface area contributed by atoms with Crippen molar-refractivity contribution in [3.8, 4) is 0 Å². The fourth-order valence-corrected chi connectivity index (χ4v) is 4.44. The van der Waals surface area contributed by atoms with Crippen LogP contribution >= 0.6 is 0 Å². The number of hydrogen-bond donors (Lipinski definition) is 2. The van der Waals surface area contributed by atoms with Gasteiger partial charge < -0.3 is 15.0 Å². The van der Waals surface area contributed by atoms with E-state index in [1.807, 2.05) is 33.0 Å². The highest BCUT2D eigenvalue weighted by Gasteiger charge is 2.19. The van der Waals surface area contributed by atoms with Gasteiger partial charge in [-0.05, 0) is 44.4 Å². The molecule has 0 aromatic heterocycles. The van der Waals surface area contributed by atoms with E-state index in [1.165, 1.54) is 0 Å². The topological polar surface area (TPSA) is 83.0 Å². The van der Waals surface area contributed by atoms with Gasteiger partial charge in [-0.25, -0.2) is 13.1 Å². The summed E-state index contributed by atoms with van der Waals surface area (Å²) in [5.74, 6) is 1.30. The normalized spacial score (nSPS) is 17.9. The number of hydrogen-bond acceptors (Lipinski definition) is 4. The molecule has 27 heavy (non-hydrogen) atoms. The number of aryl methyl sites for hydroxylation is 2. The van der Waals surface area contributed by atoms with Crippen molar-refractivity contribution >= 4 is 16.0 Å². The maximum atomic E-state index is 12.5. The molecule has 2 N–H and O–H groups in total. The van der Waals surface area contributed by atoms with Crippen molar-refractivity contribution in [3.63, 3.8) is 0 Å². The van der Waals surface area contributed by atoms with Crippen LogP contribution in [0.25, 0.3) is 0 Å². The number of sulfonamides is 1. The summed E-state index contributed by atoms with van der Waals surface area (Å²) in [4.78, 5) is 6.97. The molecule has 1 aromatic rings. The number of aliphatic imine (C=N–C) groups is 1. The molecule has 1 heterocycles. The molecule has 1 aliphatic rings. The Morgan fingerprint density at radius 3 is 2.81 bits per heavy atom. The molecule has 0 aliphatic carbocycles. The number of rotatable bonds is 8. The third-order valence-electron chi connectivity index (χ3n) is 4.55. The van der Waals surface area contributed by atoms with Crippen LogP contribution in [0.3, 0.4) is 0 Å². The van der Waals surface area contributed by atoms with Crippen molar-refractivity contribution < 1.29 is 13.2 Å². The Labute approximate surface area is 163 Å². The van der Waals surface area contributed by atoms with Gasteiger partial charge in [0.1, 0.15) is 0 Å². The minimum atomic E-state index is -3.53. The van der Waals surface area contributed by atoms with E-state index in [0.29, 0.717) is 17.4 Å². The lowest BCUT2D eigenvalue weighted by atomic mass is 10.1. The molecular weight excluding hydrogens is 364 g/mol. The first kappa shape index (κ1) is 21.7. The summed E-state index contributed by atoms with van der Waals surface area (Å²) in [5, 5.41) is 3.26. The number of ether oxygens (including phenoxy) is 1. The van der Waals surface area contributed by atoms with Gasteiger partial charge in [-0.15, -0.1) is 0 Å². The Balaban J connectivity index is 1.93. The second-order valence-electron chi connectivity index (χ2n) is 7.01. The van der Waals surface area contributed by atoms with Gasteiger partial charge in [0.2, 0.25) is 10.0 Å². The first-order valence-electron chi connectivity index (χ1n) is 9.47. The fourth-order valence-electron chi connectivity index (χ4n) is 3.09. The van der Waals surface area contributed by atoms with E-state index in [9.17, 15) is 8.42 Å². The highest BCUT2D eigenvalue weighted by Crippen LogP contribution is 2.16. The van der Waals surface area contributed by atoms with Crippen LogP contribution in [0.4, 0.5) is 0 Å². The third kappa shape index (κ3) is 6.48. The Morgan fingerprint density at radius 2 is 2.15 bits per heavy atom. The number of nitrogens with one attached hydrogen (secondary N) is 2. The van der Waals surface area contributed by atoms with Gasteiger partial charge in [0, 0.05) is 39.2 Å². The van der Waals surface area contributed by atoms with Crippen LogP contribution in [0, 0.1) is 19.8 Å². The molecule has 1 unspecified atom stereocenters. The summed E-state index contributed by atoms with van der Waals surface area (Å²) in [6.07, 6.45) is 1.07. The number of benzene rings is 1. The summed E-state index contributed by atoms with van der Waals surface area (Å²) in [6, 6.07) is 5.43. The first-order valence-corrected chi connectivity index (χ1v) is 11.0. The van der Waals surface area contributed by atoms with E-state index in [-0.39, 0.29) is 6.54 Å². The zero-order valence-corrected chi connectivity index (χ0v) is 17.6. The van der Waals surface area contributed by atoms with Gasteiger partial charge in [-0.1, -0.05) is 12.1 Å². The Morgan fingerprint density at radius 1 is 1.37 bits per heavy atom. The molecule has 1 fully saturated rings. The van der Waals surface area contributed by atoms with Crippen molar-refractivity contribution in [1.29, 1.82) is 0 Å². The van der Waals surface area contributed by atoms with Gasteiger partial charge >= 0.3 is 0 Å². The molecular formula is C19H32N4O3S. The standard InChI is InChI=1S/C19H32N4O3S/c1-5-20-19(23(4)13-17-8-11-26-14-17)21-9-10-22-27(24,25)18-12-15(2)6-7-16(18)3/h6-7,12,17,22H,5,8-11,13-14H2,1-4H3,(H,20,21). The molecule has 1 aromatic carbocycles. The molecule has 2 rings (SSSR count).